The van der Waals surface area contributed by atoms with Crippen molar-refractivity contribution in [2.75, 3.05) is 18.5 Å². The van der Waals surface area contributed by atoms with Gasteiger partial charge in [0, 0.05) is 17.1 Å². The van der Waals surface area contributed by atoms with Crippen LogP contribution in [0.5, 0.6) is 11.5 Å². The summed E-state index contributed by atoms with van der Waals surface area (Å²) < 4.78 is 11.1. The fourth-order valence-electron chi connectivity index (χ4n) is 3.03. The van der Waals surface area contributed by atoms with Gasteiger partial charge in [-0.05, 0) is 49.1 Å². The maximum absolute atomic E-state index is 12.7. The summed E-state index contributed by atoms with van der Waals surface area (Å²) in [6, 6.07) is 20.5. The molecule has 1 N–H and O–H groups in total. The van der Waals surface area contributed by atoms with Crippen LogP contribution in [-0.4, -0.2) is 19.1 Å². The van der Waals surface area contributed by atoms with E-state index in [0.29, 0.717) is 24.7 Å². The smallest absolute Gasteiger partial charge is 0.266 e. The van der Waals surface area contributed by atoms with E-state index in [1.54, 1.807) is 24.3 Å². The third-order valence-electron chi connectivity index (χ3n) is 4.29. The summed E-state index contributed by atoms with van der Waals surface area (Å²) in [6.45, 7) is 4.92. The highest BCUT2D eigenvalue weighted by Gasteiger charge is 2.12. The zero-order valence-corrected chi connectivity index (χ0v) is 16.4. The lowest BCUT2D eigenvalue weighted by Crippen LogP contribution is -2.13. The topological polar surface area (TPSA) is 71.3 Å². The molecule has 0 aromatic heterocycles. The SMILES string of the molecule is CCOc1cccc(NC(=O)/C(C#N)=C\c2ccc(OCC)c3ccccc23)c1. The molecule has 3 aromatic carbocycles. The zero-order valence-electron chi connectivity index (χ0n) is 16.4. The number of amides is 1. The van der Waals surface area contributed by atoms with Crippen LogP contribution >= 0.6 is 0 Å². The summed E-state index contributed by atoms with van der Waals surface area (Å²) in [6.07, 6.45) is 1.60. The van der Waals surface area contributed by atoms with E-state index >= 15 is 0 Å². The second kappa shape index (κ2) is 9.43. The Kier molecular flexibility index (Phi) is 6.49. The van der Waals surface area contributed by atoms with E-state index in [-0.39, 0.29) is 5.57 Å². The number of benzene rings is 3. The summed E-state index contributed by atoms with van der Waals surface area (Å²) in [4.78, 5) is 12.7. The molecule has 3 aromatic rings. The standard InChI is InChI=1S/C24H22N2O3/c1-3-28-20-9-7-8-19(15-20)26-24(27)18(16-25)14-17-12-13-23(29-4-2)22-11-6-5-10-21(17)22/h5-15H,3-4H2,1-2H3,(H,26,27)/b18-14-. The predicted molar refractivity (Wildman–Crippen MR) is 115 cm³/mol. The molecule has 0 heterocycles. The summed E-state index contributed by atoms with van der Waals surface area (Å²) in [5.74, 6) is 0.959. The first-order valence-electron chi connectivity index (χ1n) is 9.46. The monoisotopic (exact) mass is 386 g/mol. The fourth-order valence-corrected chi connectivity index (χ4v) is 3.03. The third-order valence-corrected chi connectivity index (χ3v) is 4.29. The number of nitrogens with one attached hydrogen (secondary N) is 1. The van der Waals surface area contributed by atoms with Gasteiger partial charge >= 0.3 is 0 Å². The number of rotatable bonds is 7. The number of anilines is 1. The van der Waals surface area contributed by atoms with Crippen LogP contribution in [-0.2, 0) is 4.79 Å². The van der Waals surface area contributed by atoms with E-state index in [4.69, 9.17) is 9.47 Å². The summed E-state index contributed by atoms with van der Waals surface area (Å²) >= 11 is 0. The van der Waals surface area contributed by atoms with Gasteiger partial charge < -0.3 is 14.8 Å². The minimum absolute atomic E-state index is 0.0149. The van der Waals surface area contributed by atoms with Crippen molar-refractivity contribution in [2.24, 2.45) is 0 Å². The quantitative estimate of drug-likeness (QED) is 0.448. The summed E-state index contributed by atoms with van der Waals surface area (Å²) in [5, 5.41) is 14.2. The number of nitrogens with zero attached hydrogens (tertiary/aromatic N) is 1. The van der Waals surface area contributed by atoms with Crippen LogP contribution in [0.25, 0.3) is 16.8 Å². The van der Waals surface area contributed by atoms with Gasteiger partial charge in [-0.3, -0.25) is 4.79 Å². The Morgan fingerprint density at radius 1 is 1.00 bits per heavy atom. The zero-order chi connectivity index (χ0) is 20.6. The van der Waals surface area contributed by atoms with Gasteiger partial charge in [-0.1, -0.05) is 36.4 Å². The maximum atomic E-state index is 12.7. The van der Waals surface area contributed by atoms with E-state index in [2.05, 4.69) is 5.32 Å². The molecule has 3 rings (SSSR count). The van der Waals surface area contributed by atoms with Gasteiger partial charge in [-0.2, -0.15) is 5.26 Å². The lowest BCUT2D eigenvalue weighted by Gasteiger charge is -2.10. The molecule has 29 heavy (non-hydrogen) atoms. The van der Waals surface area contributed by atoms with Gasteiger partial charge in [0.2, 0.25) is 0 Å². The molecule has 0 radical (unpaired) electrons. The Balaban J connectivity index is 1.92. The van der Waals surface area contributed by atoms with Crippen molar-refractivity contribution in [3.8, 4) is 17.6 Å². The molecule has 0 aliphatic rings. The molecule has 1 amide bonds. The van der Waals surface area contributed by atoms with E-state index in [1.807, 2.05) is 62.4 Å². The van der Waals surface area contributed by atoms with Crippen molar-refractivity contribution >= 4 is 28.4 Å². The van der Waals surface area contributed by atoms with Gasteiger partial charge in [0.05, 0.1) is 13.2 Å². The number of ether oxygens (including phenoxy) is 2. The molecule has 146 valence electrons. The number of carbonyl (C=O) groups excluding carboxylic acids is 1. The van der Waals surface area contributed by atoms with Crippen LogP contribution < -0.4 is 14.8 Å². The van der Waals surface area contributed by atoms with Crippen molar-refractivity contribution in [3.63, 3.8) is 0 Å². The highest BCUT2D eigenvalue weighted by Crippen LogP contribution is 2.30. The van der Waals surface area contributed by atoms with Crippen LogP contribution in [0.3, 0.4) is 0 Å². The van der Waals surface area contributed by atoms with E-state index in [1.165, 1.54) is 0 Å². The number of hydrogen-bond acceptors (Lipinski definition) is 4. The van der Waals surface area contributed by atoms with Crippen molar-refractivity contribution in [1.29, 1.82) is 5.26 Å². The second-order valence-corrected chi connectivity index (χ2v) is 6.22. The predicted octanol–water partition coefficient (Wildman–Crippen LogP) is 5.18. The van der Waals surface area contributed by atoms with E-state index < -0.39 is 5.91 Å². The molecule has 0 atom stereocenters. The van der Waals surface area contributed by atoms with Gasteiger partial charge in [0.1, 0.15) is 23.1 Å². The maximum Gasteiger partial charge on any atom is 0.266 e. The average molecular weight is 386 g/mol. The number of fused-ring (bicyclic) bond motifs is 1. The molecule has 0 saturated heterocycles. The Bertz CT molecular complexity index is 1100. The molecular weight excluding hydrogens is 364 g/mol. The Morgan fingerprint density at radius 3 is 2.48 bits per heavy atom. The first kappa shape index (κ1) is 20.0. The third kappa shape index (κ3) is 4.74. The summed E-state index contributed by atoms with van der Waals surface area (Å²) in [7, 11) is 0. The average Bonchev–Trinajstić information content (AvgIpc) is 2.74. The van der Waals surface area contributed by atoms with Crippen LogP contribution in [0.1, 0.15) is 19.4 Å². The molecular formula is C24H22N2O3. The lowest BCUT2D eigenvalue weighted by molar-refractivity contribution is -0.112. The van der Waals surface area contributed by atoms with Gasteiger partial charge in [0.25, 0.3) is 5.91 Å². The normalized spacial score (nSPS) is 11.0. The Labute approximate surface area is 170 Å². The number of carbonyl (C=O) groups is 1. The largest absolute Gasteiger partial charge is 0.494 e. The minimum atomic E-state index is -0.473. The lowest BCUT2D eigenvalue weighted by atomic mass is 10.0. The molecule has 0 spiro atoms. The van der Waals surface area contributed by atoms with Gasteiger partial charge in [0.15, 0.2) is 0 Å². The van der Waals surface area contributed by atoms with Crippen molar-refractivity contribution in [1.82, 2.24) is 0 Å². The highest BCUT2D eigenvalue weighted by atomic mass is 16.5. The number of nitriles is 1. The molecule has 0 fully saturated rings. The first-order valence-corrected chi connectivity index (χ1v) is 9.46. The molecule has 0 unspecified atom stereocenters. The molecule has 5 nitrogen and oxygen atoms in total. The minimum Gasteiger partial charge on any atom is -0.494 e. The molecule has 0 aliphatic carbocycles. The van der Waals surface area contributed by atoms with E-state index in [0.717, 1.165) is 22.1 Å². The van der Waals surface area contributed by atoms with Crippen molar-refractivity contribution < 1.29 is 14.3 Å². The fraction of sp³-hybridized carbons (Fsp3) is 0.167. The van der Waals surface area contributed by atoms with Crippen LogP contribution in [0.15, 0.2) is 66.2 Å². The Hall–Kier alpha value is -3.78. The van der Waals surface area contributed by atoms with E-state index in [9.17, 15) is 10.1 Å². The van der Waals surface area contributed by atoms with Crippen LogP contribution in [0, 0.1) is 11.3 Å². The van der Waals surface area contributed by atoms with Gasteiger partial charge in [-0.25, -0.2) is 0 Å². The van der Waals surface area contributed by atoms with Gasteiger partial charge in [-0.15, -0.1) is 0 Å². The molecule has 0 aliphatic heterocycles. The first-order chi connectivity index (χ1) is 14.2. The van der Waals surface area contributed by atoms with Crippen LogP contribution in [0.4, 0.5) is 5.69 Å². The Morgan fingerprint density at radius 2 is 1.76 bits per heavy atom. The van der Waals surface area contributed by atoms with Crippen LogP contribution in [0.2, 0.25) is 0 Å². The molecule has 0 bridgehead atoms. The number of hydrogen-bond donors (Lipinski definition) is 1. The molecule has 0 saturated carbocycles. The van der Waals surface area contributed by atoms with Crippen molar-refractivity contribution in [3.05, 3.63) is 71.8 Å². The summed E-state index contributed by atoms with van der Waals surface area (Å²) in [5.41, 5.74) is 1.36. The van der Waals surface area contributed by atoms with Crippen molar-refractivity contribution in [2.45, 2.75) is 13.8 Å². The molecule has 5 heteroatoms. The second-order valence-electron chi connectivity index (χ2n) is 6.22. The highest BCUT2D eigenvalue weighted by molar-refractivity contribution is 6.11.